The predicted octanol–water partition coefficient (Wildman–Crippen LogP) is 3.00. The zero-order valence-corrected chi connectivity index (χ0v) is 12.7. The Morgan fingerprint density at radius 3 is 2.48 bits per heavy atom. The van der Waals surface area contributed by atoms with Crippen LogP contribution in [-0.2, 0) is 9.53 Å². The molecule has 0 aromatic heterocycles. The van der Waals surface area contributed by atoms with Gasteiger partial charge in [-0.05, 0) is 18.6 Å². The van der Waals surface area contributed by atoms with Crippen LogP contribution in [0.3, 0.4) is 0 Å². The molecule has 2 atom stereocenters. The van der Waals surface area contributed by atoms with Crippen molar-refractivity contribution < 1.29 is 14.3 Å². The molecule has 1 aliphatic heterocycles. The number of benzene rings is 1. The Bertz CT molecular complexity index is 545. The minimum absolute atomic E-state index is 0.187. The van der Waals surface area contributed by atoms with Gasteiger partial charge in [-0.15, -0.1) is 6.58 Å². The molecule has 0 N–H and O–H groups in total. The largest absolute Gasteiger partial charge is 0.439 e. The predicted molar refractivity (Wildman–Crippen MR) is 80.5 cm³/mol. The summed E-state index contributed by atoms with van der Waals surface area (Å²) in [6.45, 7) is 9.52. The molecule has 0 radical (unpaired) electrons. The molecule has 21 heavy (non-hydrogen) atoms. The molecule has 1 saturated heterocycles. The third kappa shape index (κ3) is 2.99. The minimum atomic E-state index is -0.598. The van der Waals surface area contributed by atoms with Crippen molar-refractivity contribution in [3.8, 4) is 0 Å². The van der Waals surface area contributed by atoms with Gasteiger partial charge in [0.2, 0.25) is 0 Å². The number of cyclic esters (lactones) is 1. The standard InChI is InChI=1S/C17H21NO3/c1-5-9-13-15(20)21-16(17(2,3)4)18(13)14(19)12-10-7-6-8-11-12/h5-8,10-11,13,16H,1,9H2,2-4H3/t13-,16+/m1/s1. The van der Waals surface area contributed by atoms with Gasteiger partial charge in [0.15, 0.2) is 6.23 Å². The van der Waals surface area contributed by atoms with E-state index in [9.17, 15) is 9.59 Å². The number of hydrogen-bond acceptors (Lipinski definition) is 3. The van der Waals surface area contributed by atoms with E-state index in [1.807, 2.05) is 26.8 Å². The Morgan fingerprint density at radius 1 is 1.33 bits per heavy atom. The highest BCUT2D eigenvalue weighted by molar-refractivity contribution is 5.98. The number of carbonyl (C=O) groups is 2. The molecule has 1 aromatic rings. The van der Waals surface area contributed by atoms with Crippen LogP contribution in [0.2, 0.25) is 0 Å². The number of carbonyl (C=O) groups excluding carboxylic acids is 2. The minimum Gasteiger partial charge on any atom is -0.439 e. The highest BCUT2D eigenvalue weighted by atomic mass is 16.6. The fourth-order valence-corrected chi connectivity index (χ4v) is 2.46. The average Bonchev–Trinajstić information content (AvgIpc) is 2.77. The first-order valence-electron chi connectivity index (χ1n) is 7.05. The summed E-state index contributed by atoms with van der Waals surface area (Å²) in [4.78, 5) is 26.5. The van der Waals surface area contributed by atoms with E-state index < -0.39 is 12.3 Å². The van der Waals surface area contributed by atoms with Gasteiger partial charge in [0, 0.05) is 11.0 Å². The van der Waals surface area contributed by atoms with Gasteiger partial charge < -0.3 is 4.74 Å². The summed E-state index contributed by atoms with van der Waals surface area (Å²) >= 11 is 0. The molecule has 1 aliphatic rings. The highest BCUT2D eigenvalue weighted by Crippen LogP contribution is 2.34. The number of hydrogen-bond donors (Lipinski definition) is 0. The smallest absolute Gasteiger partial charge is 0.331 e. The maximum Gasteiger partial charge on any atom is 0.331 e. The average molecular weight is 287 g/mol. The van der Waals surface area contributed by atoms with Crippen molar-refractivity contribution in [2.45, 2.75) is 39.5 Å². The summed E-state index contributed by atoms with van der Waals surface area (Å²) in [5.41, 5.74) is 0.204. The molecule has 0 saturated carbocycles. The topological polar surface area (TPSA) is 46.6 Å². The van der Waals surface area contributed by atoms with Crippen molar-refractivity contribution in [2.24, 2.45) is 5.41 Å². The second kappa shape index (κ2) is 5.72. The van der Waals surface area contributed by atoms with Crippen LogP contribution in [0.4, 0.5) is 0 Å². The van der Waals surface area contributed by atoms with E-state index in [4.69, 9.17) is 4.74 Å². The Balaban J connectivity index is 2.40. The number of nitrogens with zero attached hydrogens (tertiary/aromatic N) is 1. The molecule has 4 heteroatoms. The van der Waals surface area contributed by atoms with Crippen LogP contribution in [0.25, 0.3) is 0 Å². The molecule has 4 nitrogen and oxygen atoms in total. The molecule has 0 aliphatic carbocycles. The maximum atomic E-state index is 12.8. The number of rotatable bonds is 3. The molecule has 0 unspecified atom stereocenters. The summed E-state index contributed by atoms with van der Waals surface area (Å²) < 4.78 is 5.46. The van der Waals surface area contributed by atoms with Crippen LogP contribution >= 0.6 is 0 Å². The van der Waals surface area contributed by atoms with E-state index in [2.05, 4.69) is 6.58 Å². The quantitative estimate of drug-likeness (QED) is 0.634. The highest BCUT2D eigenvalue weighted by Gasteiger charge is 2.49. The van der Waals surface area contributed by atoms with Crippen molar-refractivity contribution in [1.29, 1.82) is 0 Å². The number of ether oxygens (including phenoxy) is 1. The second-order valence-corrected chi connectivity index (χ2v) is 6.27. The van der Waals surface area contributed by atoms with Gasteiger partial charge in [0.1, 0.15) is 6.04 Å². The second-order valence-electron chi connectivity index (χ2n) is 6.27. The first kappa shape index (κ1) is 15.3. The molecule has 0 bridgehead atoms. The summed E-state index contributed by atoms with van der Waals surface area (Å²) in [5.74, 6) is -0.549. The van der Waals surface area contributed by atoms with Crippen LogP contribution in [0.1, 0.15) is 37.6 Å². The van der Waals surface area contributed by atoms with Gasteiger partial charge in [-0.25, -0.2) is 4.79 Å². The van der Waals surface area contributed by atoms with E-state index >= 15 is 0 Å². The Kier molecular flexibility index (Phi) is 4.16. The van der Waals surface area contributed by atoms with E-state index in [-0.39, 0.29) is 17.3 Å². The zero-order chi connectivity index (χ0) is 15.6. The molecule has 112 valence electrons. The third-order valence-corrected chi connectivity index (χ3v) is 3.47. The fourth-order valence-electron chi connectivity index (χ4n) is 2.46. The van der Waals surface area contributed by atoms with E-state index in [1.54, 1.807) is 35.2 Å². The van der Waals surface area contributed by atoms with Crippen molar-refractivity contribution in [2.75, 3.05) is 0 Å². The van der Waals surface area contributed by atoms with Crippen molar-refractivity contribution in [3.05, 3.63) is 48.6 Å². The molecule has 1 amide bonds. The van der Waals surface area contributed by atoms with Gasteiger partial charge in [-0.3, -0.25) is 9.69 Å². The first-order chi connectivity index (χ1) is 9.86. The Morgan fingerprint density at radius 2 is 1.95 bits per heavy atom. The third-order valence-electron chi connectivity index (χ3n) is 3.47. The van der Waals surface area contributed by atoms with Gasteiger partial charge in [0.05, 0.1) is 0 Å². The van der Waals surface area contributed by atoms with Crippen LogP contribution in [0.5, 0.6) is 0 Å². The van der Waals surface area contributed by atoms with E-state index in [0.717, 1.165) is 0 Å². The van der Waals surface area contributed by atoms with Gasteiger partial charge >= 0.3 is 5.97 Å². The summed E-state index contributed by atoms with van der Waals surface area (Å²) in [7, 11) is 0. The van der Waals surface area contributed by atoms with Crippen molar-refractivity contribution in [3.63, 3.8) is 0 Å². The molecule has 2 rings (SSSR count). The monoisotopic (exact) mass is 287 g/mol. The molecular weight excluding hydrogens is 266 g/mol. The lowest BCUT2D eigenvalue weighted by atomic mass is 9.92. The van der Waals surface area contributed by atoms with Gasteiger partial charge in [0.25, 0.3) is 5.91 Å². The van der Waals surface area contributed by atoms with E-state index in [0.29, 0.717) is 12.0 Å². The number of esters is 1. The van der Waals surface area contributed by atoms with Crippen LogP contribution < -0.4 is 0 Å². The Hall–Kier alpha value is -2.10. The summed E-state index contributed by atoms with van der Waals surface area (Å²) in [5, 5.41) is 0. The number of amides is 1. The summed E-state index contributed by atoms with van der Waals surface area (Å²) in [6, 6.07) is 8.36. The normalized spacial score (nSPS) is 22.0. The van der Waals surface area contributed by atoms with Crippen LogP contribution in [0.15, 0.2) is 43.0 Å². The molecular formula is C17H21NO3. The Labute approximate surface area is 125 Å². The van der Waals surface area contributed by atoms with Crippen molar-refractivity contribution >= 4 is 11.9 Å². The van der Waals surface area contributed by atoms with Gasteiger partial charge in [-0.1, -0.05) is 45.0 Å². The lowest BCUT2D eigenvalue weighted by Gasteiger charge is -2.34. The summed E-state index contributed by atoms with van der Waals surface area (Å²) in [6.07, 6.45) is 1.47. The molecule has 1 heterocycles. The molecule has 1 fully saturated rings. The van der Waals surface area contributed by atoms with Gasteiger partial charge in [-0.2, -0.15) is 0 Å². The lowest BCUT2D eigenvalue weighted by Crippen LogP contribution is -2.47. The zero-order valence-electron chi connectivity index (χ0n) is 12.7. The van der Waals surface area contributed by atoms with E-state index in [1.165, 1.54) is 0 Å². The molecule has 1 aromatic carbocycles. The maximum absolute atomic E-state index is 12.8. The van der Waals surface area contributed by atoms with Crippen LogP contribution in [0, 0.1) is 5.41 Å². The van der Waals surface area contributed by atoms with Crippen LogP contribution in [-0.4, -0.2) is 29.0 Å². The SMILES string of the molecule is C=CC[C@@H]1C(=O)O[C@@H](C(C)(C)C)N1C(=O)c1ccccc1. The lowest BCUT2D eigenvalue weighted by molar-refractivity contribution is -0.147. The first-order valence-corrected chi connectivity index (χ1v) is 7.05. The fraction of sp³-hybridized carbons (Fsp3) is 0.412. The molecule has 0 spiro atoms. The van der Waals surface area contributed by atoms with Crippen molar-refractivity contribution in [1.82, 2.24) is 4.90 Å².